The zero-order valence-electron chi connectivity index (χ0n) is 21.1. The summed E-state index contributed by atoms with van der Waals surface area (Å²) >= 11 is 0. The number of hydrogen-bond donors (Lipinski definition) is 1. The maximum atomic E-state index is 12.1. The number of amides is 1. The molecule has 0 atom stereocenters. The minimum atomic E-state index is -1.84. The highest BCUT2D eigenvalue weighted by atomic mass is 28.4. The highest BCUT2D eigenvalue weighted by molar-refractivity contribution is 6.74. The van der Waals surface area contributed by atoms with E-state index in [1.165, 1.54) is 7.11 Å². The third-order valence-corrected chi connectivity index (χ3v) is 9.80. The van der Waals surface area contributed by atoms with E-state index in [-0.39, 0.29) is 10.6 Å². The smallest absolute Gasteiger partial charge is 0.412 e. The Labute approximate surface area is 189 Å². The number of nitrogens with zero attached hydrogens (tertiary/aromatic N) is 1. The van der Waals surface area contributed by atoms with Crippen molar-refractivity contribution in [3.05, 3.63) is 18.0 Å². The van der Waals surface area contributed by atoms with E-state index in [1.807, 2.05) is 20.8 Å². The summed E-state index contributed by atoms with van der Waals surface area (Å²) in [5.74, 6) is 6.69. The average molecular weight is 449 g/mol. The van der Waals surface area contributed by atoms with Crippen LogP contribution < -0.4 is 10.1 Å². The van der Waals surface area contributed by atoms with Crippen LogP contribution in [-0.4, -0.2) is 37.7 Å². The van der Waals surface area contributed by atoms with E-state index in [2.05, 4.69) is 69.9 Å². The third-order valence-electron chi connectivity index (χ3n) is 5.13. The fourth-order valence-electron chi connectivity index (χ4n) is 2.60. The number of anilines is 1. The predicted octanol–water partition coefficient (Wildman–Crippen LogP) is 6.37. The number of carbonyl (C=O) groups excluding carboxylic acids is 1. The Kier molecular flexibility index (Phi) is 8.75. The highest BCUT2D eigenvalue weighted by Gasteiger charge is 2.41. The molecule has 0 saturated heterocycles. The molecule has 0 unspecified atom stereocenters. The zero-order chi connectivity index (χ0) is 24.1. The number of pyridine rings is 1. The van der Waals surface area contributed by atoms with Crippen molar-refractivity contribution in [2.24, 2.45) is 0 Å². The Balaban J connectivity index is 2.83. The second-order valence-electron chi connectivity index (χ2n) is 10.8. The molecule has 1 amide bonds. The van der Waals surface area contributed by atoms with E-state index in [1.54, 1.807) is 12.3 Å². The second-order valence-corrected chi connectivity index (χ2v) is 15.5. The van der Waals surface area contributed by atoms with Gasteiger partial charge < -0.3 is 13.9 Å². The van der Waals surface area contributed by atoms with Crippen molar-refractivity contribution in [1.29, 1.82) is 0 Å². The molecule has 6 nitrogen and oxygen atoms in total. The van der Waals surface area contributed by atoms with Crippen LogP contribution in [0, 0.1) is 11.8 Å². The molecule has 1 rings (SSSR count). The number of carbonyl (C=O) groups is 1. The topological polar surface area (TPSA) is 69.7 Å². The molecule has 0 aliphatic carbocycles. The first-order chi connectivity index (χ1) is 14.0. The van der Waals surface area contributed by atoms with Gasteiger partial charge in [0.05, 0.1) is 24.6 Å². The lowest BCUT2D eigenvalue weighted by Crippen LogP contribution is -2.47. The van der Waals surface area contributed by atoms with E-state index in [4.69, 9.17) is 13.9 Å². The van der Waals surface area contributed by atoms with Crippen molar-refractivity contribution in [1.82, 2.24) is 4.98 Å². The van der Waals surface area contributed by atoms with Crippen molar-refractivity contribution in [3.63, 3.8) is 0 Å². The third kappa shape index (κ3) is 9.32. The van der Waals surface area contributed by atoms with Crippen molar-refractivity contribution >= 4 is 20.1 Å². The molecular formula is C24H40N2O4Si. The first-order valence-corrected chi connectivity index (χ1v) is 13.6. The van der Waals surface area contributed by atoms with Gasteiger partial charge >= 0.3 is 6.09 Å². The summed E-state index contributed by atoms with van der Waals surface area (Å²) in [6.45, 7) is 20.9. The van der Waals surface area contributed by atoms with Gasteiger partial charge in [0.2, 0.25) is 0 Å². The number of rotatable bonds is 6. The van der Waals surface area contributed by atoms with Crippen LogP contribution in [-0.2, 0) is 9.16 Å². The van der Waals surface area contributed by atoms with Crippen LogP contribution >= 0.6 is 0 Å². The van der Waals surface area contributed by atoms with E-state index < -0.39 is 20.0 Å². The van der Waals surface area contributed by atoms with Gasteiger partial charge in [-0.2, -0.15) is 0 Å². The molecule has 1 heterocycles. The molecule has 0 radical (unpaired) electrons. The van der Waals surface area contributed by atoms with Gasteiger partial charge in [0, 0.05) is 6.42 Å². The summed E-state index contributed by atoms with van der Waals surface area (Å²) in [6, 6.07) is 1.69. The van der Waals surface area contributed by atoms with Crippen LogP contribution in [0.3, 0.4) is 0 Å². The van der Waals surface area contributed by atoms with Crippen molar-refractivity contribution in [2.75, 3.05) is 12.4 Å². The number of aromatic nitrogens is 1. The monoisotopic (exact) mass is 448 g/mol. The van der Waals surface area contributed by atoms with Gasteiger partial charge in [0.1, 0.15) is 11.3 Å². The van der Waals surface area contributed by atoms with E-state index in [0.29, 0.717) is 23.6 Å². The molecule has 0 aliphatic heterocycles. The Hall–Kier alpha value is -2.04. The fraction of sp³-hybridized carbons (Fsp3) is 0.667. The lowest BCUT2D eigenvalue weighted by molar-refractivity contribution is 0.0635. The summed E-state index contributed by atoms with van der Waals surface area (Å²) in [4.78, 5) is 16.4. The van der Waals surface area contributed by atoms with Crippen LogP contribution in [0.4, 0.5) is 10.5 Å². The lowest BCUT2D eigenvalue weighted by Gasteiger charge is -2.42. The van der Waals surface area contributed by atoms with Crippen molar-refractivity contribution in [3.8, 4) is 17.6 Å². The molecular weight excluding hydrogens is 408 g/mol. The Morgan fingerprint density at radius 3 is 2.26 bits per heavy atom. The molecule has 0 aromatic carbocycles. The molecule has 7 heteroatoms. The van der Waals surface area contributed by atoms with Gasteiger partial charge in [-0.15, -0.1) is 0 Å². The standard InChI is InChI=1S/C24H40N2O4Si/c1-22(2,3)29-21(27)26-19-16-18(25-17-20(19)28-9)14-12-13-15-24(7,8)30-31(10,11)23(4,5)6/h16-17H,13,15H2,1-11H3,(H,25,26,27). The van der Waals surface area contributed by atoms with Gasteiger partial charge in [-0.1, -0.05) is 26.7 Å². The second kappa shape index (κ2) is 10.1. The average Bonchev–Trinajstić information content (AvgIpc) is 2.55. The molecule has 1 N–H and O–H groups in total. The molecule has 0 spiro atoms. The predicted molar refractivity (Wildman–Crippen MR) is 129 cm³/mol. The first-order valence-electron chi connectivity index (χ1n) is 10.7. The molecule has 31 heavy (non-hydrogen) atoms. The number of hydrogen-bond acceptors (Lipinski definition) is 5. The molecule has 1 aromatic heterocycles. The zero-order valence-corrected chi connectivity index (χ0v) is 22.1. The maximum Gasteiger partial charge on any atom is 0.412 e. The summed E-state index contributed by atoms with van der Waals surface area (Å²) < 4.78 is 17.1. The van der Waals surface area contributed by atoms with Crippen LogP contribution in [0.15, 0.2) is 12.3 Å². The van der Waals surface area contributed by atoms with Gasteiger partial charge in [-0.25, -0.2) is 9.78 Å². The van der Waals surface area contributed by atoms with Gasteiger partial charge in [0.25, 0.3) is 0 Å². The molecule has 0 fully saturated rings. The number of methoxy groups -OCH3 is 1. The SMILES string of the molecule is COc1cnc(C#CCCC(C)(C)O[Si](C)(C)C(C)(C)C)cc1NC(=O)OC(C)(C)C. The van der Waals surface area contributed by atoms with Crippen LogP contribution in [0.5, 0.6) is 5.75 Å². The quantitative estimate of drug-likeness (QED) is 0.404. The first kappa shape index (κ1) is 27.0. The fourth-order valence-corrected chi connectivity index (χ4v) is 4.39. The number of ether oxygens (including phenoxy) is 2. The van der Waals surface area contributed by atoms with Gasteiger partial charge in [-0.3, -0.25) is 5.32 Å². The summed E-state index contributed by atoms with van der Waals surface area (Å²) in [5.41, 5.74) is 0.188. The van der Waals surface area contributed by atoms with Crippen LogP contribution in [0.25, 0.3) is 0 Å². The van der Waals surface area contributed by atoms with Crippen molar-refractivity contribution in [2.45, 2.75) is 97.6 Å². The highest BCUT2D eigenvalue weighted by Crippen LogP contribution is 2.39. The Morgan fingerprint density at radius 1 is 1.13 bits per heavy atom. The molecule has 0 aliphatic rings. The van der Waals surface area contributed by atoms with Crippen LogP contribution in [0.2, 0.25) is 18.1 Å². The normalized spacial score (nSPS) is 12.6. The number of nitrogens with one attached hydrogen (secondary N) is 1. The Morgan fingerprint density at radius 2 is 1.74 bits per heavy atom. The summed E-state index contributed by atoms with van der Waals surface area (Å²) in [7, 11) is -0.321. The van der Waals surface area contributed by atoms with Crippen LogP contribution in [0.1, 0.15) is 73.9 Å². The van der Waals surface area contributed by atoms with E-state index in [9.17, 15) is 4.79 Å². The lowest BCUT2D eigenvalue weighted by atomic mass is 10.0. The Bertz CT molecular complexity index is 825. The largest absolute Gasteiger partial charge is 0.493 e. The maximum absolute atomic E-state index is 12.1. The van der Waals surface area contributed by atoms with Gasteiger partial charge in [0.15, 0.2) is 14.1 Å². The minimum Gasteiger partial charge on any atom is -0.493 e. The molecule has 174 valence electrons. The molecule has 1 aromatic rings. The minimum absolute atomic E-state index is 0.167. The van der Waals surface area contributed by atoms with E-state index in [0.717, 1.165) is 6.42 Å². The van der Waals surface area contributed by atoms with Crippen molar-refractivity contribution < 1.29 is 18.7 Å². The van der Waals surface area contributed by atoms with E-state index >= 15 is 0 Å². The molecule has 0 bridgehead atoms. The summed E-state index contributed by atoms with van der Waals surface area (Å²) in [5, 5.41) is 2.87. The molecule has 0 saturated carbocycles. The summed E-state index contributed by atoms with van der Waals surface area (Å²) in [6.07, 6.45) is 2.50. The van der Waals surface area contributed by atoms with Gasteiger partial charge in [-0.05, 0) is 71.2 Å².